The van der Waals surface area contributed by atoms with E-state index in [1.807, 2.05) is 27.7 Å². The van der Waals surface area contributed by atoms with Gasteiger partial charge in [-0.3, -0.25) is 9.59 Å². The molecule has 0 aromatic rings. The third kappa shape index (κ3) is 14.4. The molecule has 0 aliphatic heterocycles. The summed E-state index contributed by atoms with van der Waals surface area (Å²) in [7, 11) is 0. The minimum atomic E-state index is -0.526. The summed E-state index contributed by atoms with van der Waals surface area (Å²) in [5.41, 5.74) is -1.02. The van der Waals surface area contributed by atoms with Crippen LogP contribution >= 0.6 is 0 Å². The number of rotatable bonds is 15. The summed E-state index contributed by atoms with van der Waals surface area (Å²) < 4.78 is 20.3. The molecular weight excluding hydrogens is 392 g/mol. The van der Waals surface area contributed by atoms with Crippen molar-refractivity contribution in [2.75, 3.05) is 26.4 Å². The lowest BCUT2D eigenvalue weighted by Crippen LogP contribution is -2.28. The lowest BCUT2D eigenvalue weighted by molar-refractivity contribution is -0.152. The fraction of sp³-hybridized carbons (Fsp3) is 0.636. The third-order valence-corrected chi connectivity index (χ3v) is 3.80. The fourth-order valence-electron chi connectivity index (χ4n) is 1.97. The molecule has 8 heteroatoms. The Bertz CT molecular complexity index is 565. The molecule has 170 valence electrons. The first-order valence-corrected chi connectivity index (χ1v) is 9.80. The summed E-state index contributed by atoms with van der Waals surface area (Å²) in [4.78, 5) is 45.8. The molecule has 0 saturated heterocycles. The summed E-state index contributed by atoms with van der Waals surface area (Å²) >= 11 is 0. The van der Waals surface area contributed by atoms with E-state index in [0.29, 0.717) is 12.8 Å². The van der Waals surface area contributed by atoms with Gasteiger partial charge in [0.15, 0.2) is 0 Å². The maximum atomic E-state index is 11.8. The molecule has 0 spiro atoms. The fourth-order valence-corrected chi connectivity index (χ4v) is 1.97. The molecule has 30 heavy (non-hydrogen) atoms. The van der Waals surface area contributed by atoms with Crippen molar-refractivity contribution in [3.05, 3.63) is 25.3 Å². The van der Waals surface area contributed by atoms with Crippen LogP contribution in [0.1, 0.15) is 53.4 Å². The van der Waals surface area contributed by atoms with Crippen LogP contribution in [-0.2, 0) is 38.1 Å². The molecule has 0 fully saturated rings. The van der Waals surface area contributed by atoms with E-state index in [-0.39, 0.29) is 51.2 Å². The topological polar surface area (TPSA) is 105 Å². The molecule has 0 aromatic heterocycles. The molecule has 0 bridgehead atoms. The van der Waals surface area contributed by atoms with Crippen molar-refractivity contribution in [3.63, 3.8) is 0 Å². The van der Waals surface area contributed by atoms with Gasteiger partial charge in [-0.05, 0) is 12.8 Å². The summed E-state index contributed by atoms with van der Waals surface area (Å²) in [5.74, 6) is -1.81. The molecule has 0 rings (SSSR count). The van der Waals surface area contributed by atoms with Crippen LogP contribution in [0.15, 0.2) is 25.3 Å². The standard InChI is InChI=1S/C22H34O8/c1-7-17(23)27-13-21(3,4)15-29-19(25)11-9-10-12-20(26)30-16-22(5,6)14-28-18(24)8-2/h7-8H,1-2,9-16H2,3-6H3. The average Bonchev–Trinajstić information content (AvgIpc) is 2.70. The average molecular weight is 427 g/mol. The Morgan fingerprint density at radius 3 is 1.23 bits per heavy atom. The Balaban J connectivity index is 3.97. The predicted molar refractivity (Wildman–Crippen MR) is 110 cm³/mol. The Labute approximate surface area is 178 Å². The molecule has 0 aliphatic rings. The third-order valence-electron chi connectivity index (χ3n) is 3.80. The molecule has 0 heterocycles. The minimum absolute atomic E-state index is 0.111. The first kappa shape index (κ1) is 27.4. The van der Waals surface area contributed by atoms with Crippen LogP contribution in [0.3, 0.4) is 0 Å². The van der Waals surface area contributed by atoms with Gasteiger partial charge in [-0.2, -0.15) is 0 Å². The number of unbranched alkanes of at least 4 members (excludes halogenated alkanes) is 1. The van der Waals surface area contributed by atoms with E-state index in [1.54, 1.807) is 0 Å². The van der Waals surface area contributed by atoms with Crippen molar-refractivity contribution in [1.29, 1.82) is 0 Å². The molecule has 0 atom stereocenters. The summed E-state index contributed by atoms with van der Waals surface area (Å²) in [6.07, 6.45) is 3.48. The lowest BCUT2D eigenvalue weighted by atomic mass is 9.96. The van der Waals surface area contributed by atoms with Gasteiger partial charge in [0.05, 0.1) is 26.4 Å². The second-order valence-corrected chi connectivity index (χ2v) is 8.48. The SMILES string of the molecule is C=CC(=O)OCC(C)(C)COC(=O)CCCCC(=O)OCC(C)(C)COC(=O)C=C. The van der Waals surface area contributed by atoms with Crippen LogP contribution < -0.4 is 0 Å². The van der Waals surface area contributed by atoms with Gasteiger partial charge >= 0.3 is 23.9 Å². The van der Waals surface area contributed by atoms with Gasteiger partial charge in [-0.15, -0.1) is 0 Å². The number of carbonyl (C=O) groups is 4. The van der Waals surface area contributed by atoms with E-state index in [0.717, 1.165) is 12.2 Å². The molecule has 0 aliphatic carbocycles. The monoisotopic (exact) mass is 426 g/mol. The van der Waals surface area contributed by atoms with Crippen LogP contribution in [0.4, 0.5) is 0 Å². The zero-order valence-corrected chi connectivity index (χ0v) is 18.5. The summed E-state index contributed by atoms with van der Waals surface area (Å²) in [6.45, 7) is 14.3. The molecule has 0 unspecified atom stereocenters. The van der Waals surface area contributed by atoms with E-state index in [9.17, 15) is 19.2 Å². The zero-order chi connectivity index (χ0) is 23.2. The molecule has 0 radical (unpaired) electrons. The van der Waals surface area contributed by atoms with Crippen molar-refractivity contribution < 1.29 is 38.1 Å². The maximum absolute atomic E-state index is 11.8. The van der Waals surface area contributed by atoms with Crippen molar-refractivity contribution in [2.45, 2.75) is 53.4 Å². The molecule has 0 aromatic carbocycles. The van der Waals surface area contributed by atoms with Gasteiger partial charge in [0.25, 0.3) is 0 Å². The van der Waals surface area contributed by atoms with Crippen LogP contribution in [0, 0.1) is 10.8 Å². The van der Waals surface area contributed by atoms with Crippen LogP contribution in [0.2, 0.25) is 0 Å². The molecule has 0 amide bonds. The van der Waals surface area contributed by atoms with Crippen LogP contribution in [-0.4, -0.2) is 50.3 Å². The quantitative estimate of drug-likeness (QED) is 0.170. The van der Waals surface area contributed by atoms with E-state index in [4.69, 9.17) is 18.9 Å². The van der Waals surface area contributed by atoms with Gasteiger partial charge in [-0.25, -0.2) is 9.59 Å². The molecule has 8 nitrogen and oxygen atoms in total. The Morgan fingerprint density at radius 1 is 0.633 bits per heavy atom. The van der Waals surface area contributed by atoms with E-state index in [1.165, 1.54) is 0 Å². The normalized spacial score (nSPS) is 11.2. The first-order valence-electron chi connectivity index (χ1n) is 9.80. The van der Waals surface area contributed by atoms with E-state index in [2.05, 4.69) is 13.2 Å². The van der Waals surface area contributed by atoms with Crippen molar-refractivity contribution >= 4 is 23.9 Å². The molecule has 0 saturated carbocycles. The zero-order valence-electron chi connectivity index (χ0n) is 18.5. The highest BCUT2D eigenvalue weighted by atomic mass is 16.6. The number of hydrogen-bond acceptors (Lipinski definition) is 8. The highest BCUT2D eigenvalue weighted by molar-refractivity contribution is 5.81. The van der Waals surface area contributed by atoms with Gasteiger partial charge in [-0.1, -0.05) is 40.9 Å². The van der Waals surface area contributed by atoms with Crippen molar-refractivity contribution in [3.8, 4) is 0 Å². The lowest BCUT2D eigenvalue weighted by Gasteiger charge is -2.23. The van der Waals surface area contributed by atoms with Crippen LogP contribution in [0.25, 0.3) is 0 Å². The highest BCUT2D eigenvalue weighted by Crippen LogP contribution is 2.18. The number of esters is 4. The highest BCUT2D eigenvalue weighted by Gasteiger charge is 2.23. The van der Waals surface area contributed by atoms with E-state index < -0.39 is 22.8 Å². The van der Waals surface area contributed by atoms with Crippen molar-refractivity contribution in [2.24, 2.45) is 10.8 Å². The smallest absolute Gasteiger partial charge is 0.330 e. The minimum Gasteiger partial charge on any atom is -0.465 e. The Hall–Kier alpha value is -2.64. The second kappa shape index (κ2) is 13.6. The number of hydrogen-bond donors (Lipinski definition) is 0. The Morgan fingerprint density at radius 2 is 0.933 bits per heavy atom. The van der Waals surface area contributed by atoms with Crippen LogP contribution in [0.5, 0.6) is 0 Å². The molecule has 0 N–H and O–H groups in total. The molecular formula is C22H34O8. The van der Waals surface area contributed by atoms with Crippen molar-refractivity contribution in [1.82, 2.24) is 0 Å². The van der Waals surface area contributed by atoms with Gasteiger partial charge in [0.1, 0.15) is 0 Å². The maximum Gasteiger partial charge on any atom is 0.330 e. The summed E-state index contributed by atoms with van der Waals surface area (Å²) in [5, 5.41) is 0. The first-order chi connectivity index (χ1) is 13.9. The summed E-state index contributed by atoms with van der Waals surface area (Å²) in [6, 6.07) is 0. The van der Waals surface area contributed by atoms with Gasteiger partial charge in [0.2, 0.25) is 0 Å². The van der Waals surface area contributed by atoms with Gasteiger partial charge in [0, 0.05) is 35.8 Å². The second-order valence-electron chi connectivity index (χ2n) is 8.48. The van der Waals surface area contributed by atoms with Gasteiger partial charge < -0.3 is 18.9 Å². The Kier molecular flexibility index (Phi) is 12.4. The predicted octanol–water partition coefficient (Wildman–Crippen LogP) is 3.14. The van der Waals surface area contributed by atoms with E-state index >= 15 is 0 Å². The number of ether oxygens (including phenoxy) is 4. The largest absolute Gasteiger partial charge is 0.465 e. The number of carbonyl (C=O) groups excluding carboxylic acids is 4.